The number of hydrogen-bond donors (Lipinski definition) is 1. The molecule has 1 saturated heterocycles. The third kappa shape index (κ3) is 3.15. The number of carbonyl (C=O) groups excluding carboxylic acids is 2. The molecule has 18 heavy (non-hydrogen) atoms. The molecule has 2 rings (SSSR count). The lowest BCUT2D eigenvalue weighted by Gasteiger charge is -2.32. The van der Waals surface area contributed by atoms with Crippen molar-refractivity contribution in [1.29, 1.82) is 0 Å². The first kappa shape index (κ1) is 13.2. The zero-order valence-electron chi connectivity index (χ0n) is 11.0. The Morgan fingerprint density at radius 1 is 1.17 bits per heavy atom. The lowest BCUT2D eigenvalue weighted by molar-refractivity contribution is -0.146. The molecule has 0 aromatic carbocycles. The molecular weight excluding hydrogens is 232 g/mol. The number of ether oxygens (including phenoxy) is 1. The molecule has 2 amide bonds. The molecule has 1 heterocycles. The van der Waals surface area contributed by atoms with Crippen LogP contribution in [0.3, 0.4) is 0 Å². The van der Waals surface area contributed by atoms with E-state index >= 15 is 0 Å². The molecule has 2 fully saturated rings. The highest BCUT2D eigenvalue weighted by molar-refractivity contribution is 5.77. The molecule has 0 aromatic heterocycles. The predicted octanol–water partition coefficient (Wildman–Crippen LogP) is 1.52. The molecule has 1 saturated carbocycles. The van der Waals surface area contributed by atoms with Gasteiger partial charge in [0.1, 0.15) is 0 Å². The molecule has 1 atom stereocenters. The van der Waals surface area contributed by atoms with Gasteiger partial charge in [-0.2, -0.15) is 0 Å². The predicted molar refractivity (Wildman–Crippen MR) is 67.1 cm³/mol. The van der Waals surface area contributed by atoms with Crippen molar-refractivity contribution in [2.45, 2.75) is 44.6 Å². The Labute approximate surface area is 108 Å². The molecule has 1 aliphatic carbocycles. The van der Waals surface area contributed by atoms with E-state index in [-0.39, 0.29) is 17.9 Å². The maximum Gasteiger partial charge on any atom is 0.317 e. The summed E-state index contributed by atoms with van der Waals surface area (Å²) in [5, 5.41) is 3.06. The smallest absolute Gasteiger partial charge is 0.317 e. The number of urea groups is 1. The number of carbonyl (C=O) groups is 2. The second kappa shape index (κ2) is 6.07. The number of amides is 2. The van der Waals surface area contributed by atoms with Gasteiger partial charge in [-0.1, -0.05) is 12.8 Å². The number of likely N-dealkylation sites (tertiary alicyclic amines) is 1. The largest absolute Gasteiger partial charge is 0.469 e. The van der Waals surface area contributed by atoms with E-state index in [0.29, 0.717) is 12.6 Å². The Kier molecular flexibility index (Phi) is 4.44. The van der Waals surface area contributed by atoms with Crippen molar-refractivity contribution in [2.24, 2.45) is 5.92 Å². The fourth-order valence-electron chi connectivity index (χ4n) is 2.86. The lowest BCUT2D eigenvalue weighted by Crippen LogP contribution is -2.49. The van der Waals surface area contributed by atoms with Gasteiger partial charge in [-0.25, -0.2) is 4.79 Å². The molecule has 1 aliphatic heterocycles. The standard InChI is InChI=1S/C13H22N2O3/c1-18-12(16)10-5-4-8-15(9-10)13(17)14-11-6-2-3-7-11/h10-11H,2-9H2,1H3,(H,14,17)/t10-/m0/s1. The van der Waals surface area contributed by atoms with Crippen LogP contribution in [0.4, 0.5) is 4.79 Å². The lowest BCUT2D eigenvalue weighted by atomic mass is 9.98. The summed E-state index contributed by atoms with van der Waals surface area (Å²) >= 11 is 0. The van der Waals surface area contributed by atoms with Gasteiger partial charge in [-0.15, -0.1) is 0 Å². The van der Waals surface area contributed by atoms with E-state index in [0.717, 1.165) is 32.2 Å². The van der Waals surface area contributed by atoms with Gasteiger partial charge < -0.3 is 15.0 Å². The number of rotatable bonds is 2. The number of hydrogen-bond acceptors (Lipinski definition) is 3. The Morgan fingerprint density at radius 3 is 2.56 bits per heavy atom. The van der Waals surface area contributed by atoms with Crippen LogP contribution in [-0.2, 0) is 9.53 Å². The van der Waals surface area contributed by atoms with Crippen LogP contribution in [0.15, 0.2) is 0 Å². The van der Waals surface area contributed by atoms with Gasteiger partial charge >= 0.3 is 12.0 Å². The summed E-state index contributed by atoms with van der Waals surface area (Å²) in [6, 6.07) is 0.312. The Balaban J connectivity index is 1.83. The van der Waals surface area contributed by atoms with Crippen molar-refractivity contribution in [1.82, 2.24) is 10.2 Å². The van der Waals surface area contributed by atoms with E-state index in [2.05, 4.69) is 5.32 Å². The average Bonchev–Trinajstić information content (AvgIpc) is 2.90. The monoisotopic (exact) mass is 254 g/mol. The van der Waals surface area contributed by atoms with E-state index in [1.54, 1.807) is 4.90 Å². The summed E-state index contributed by atoms with van der Waals surface area (Å²) in [5.41, 5.74) is 0. The van der Waals surface area contributed by atoms with Crippen LogP contribution in [0.25, 0.3) is 0 Å². The maximum absolute atomic E-state index is 12.1. The minimum absolute atomic E-state index is 0.0181. The van der Waals surface area contributed by atoms with E-state index in [4.69, 9.17) is 4.74 Å². The van der Waals surface area contributed by atoms with Gasteiger partial charge in [0.15, 0.2) is 0 Å². The Bertz CT molecular complexity index is 313. The molecule has 5 nitrogen and oxygen atoms in total. The van der Waals surface area contributed by atoms with Crippen LogP contribution in [0.2, 0.25) is 0 Å². The first-order valence-corrected chi connectivity index (χ1v) is 6.84. The summed E-state index contributed by atoms with van der Waals surface area (Å²) < 4.78 is 4.75. The number of esters is 1. The first-order chi connectivity index (χ1) is 8.70. The second-order valence-corrected chi connectivity index (χ2v) is 5.24. The van der Waals surface area contributed by atoms with Crippen LogP contribution < -0.4 is 5.32 Å². The molecule has 2 aliphatic rings. The highest BCUT2D eigenvalue weighted by Gasteiger charge is 2.30. The molecule has 0 spiro atoms. The number of piperidine rings is 1. The normalized spacial score (nSPS) is 24.9. The number of nitrogens with zero attached hydrogens (tertiary/aromatic N) is 1. The van der Waals surface area contributed by atoms with Gasteiger partial charge in [-0.3, -0.25) is 4.79 Å². The maximum atomic E-state index is 12.1. The highest BCUT2D eigenvalue weighted by atomic mass is 16.5. The van der Waals surface area contributed by atoms with Crippen LogP contribution in [-0.4, -0.2) is 43.1 Å². The summed E-state index contributed by atoms with van der Waals surface area (Å²) in [6.45, 7) is 1.23. The Morgan fingerprint density at radius 2 is 1.89 bits per heavy atom. The number of nitrogens with one attached hydrogen (secondary N) is 1. The fraction of sp³-hybridized carbons (Fsp3) is 0.846. The molecule has 1 N–H and O–H groups in total. The molecule has 0 radical (unpaired) electrons. The van der Waals surface area contributed by atoms with Crippen molar-refractivity contribution in [3.05, 3.63) is 0 Å². The third-order valence-corrected chi connectivity index (χ3v) is 3.93. The number of methoxy groups -OCH3 is 1. The summed E-state index contributed by atoms with van der Waals surface area (Å²) in [5.74, 6) is -0.355. The minimum atomic E-state index is -0.201. The summed E-state index contributed by atoms with van der Waals surface area (Å²) in [7, 11) is 1.40. The molecule has 0 bridgehead atoms. The fourth-order valence-corrected chi connectivity index (χ4v) is 2.86. The van der Waals surface area contributed by atoms with Crippen LogP contribution in [0, 0.1) is 5.92 Å². The van der Waals surface area contributed by atoms with Crippen molar-refractivity contribution < 1.29 is 14.3 Å². The Hall–Kier alpha value is -1.26. The van der Waals surface area contributed by atoms with Crippen molar-refractivity contribution in [3.63, 3.8) is 0 Å². The minimum Gasteiger partial charge on any atom is -0.469 e. The third-order valence-electron chi connectivity index (χ3n) is 3.93. The molecule has 102 valence electrons. The van der Waals surface area contributed by atoms with Gasteiger partial charge in [0, 0.05) is 19.1 Å². The van der Waals surface area contributed by atoms with Crippen molar-refractivity contribution in [2.75, 3.05) is 20.2 Å². The van der Waals surface area contributed by atoms with Crippen LogP contribution >= 0.6 is 0 Å². The van der Waals surface area contributed by atoms with Gasteiger partial charge in [-0.05, 0) is 25.7 Å². The highest BCUT2D eigenvalue weighted by Crippen LogP contribution is 2.20. The first-order valence-electron chi connectivity index (χ1n) is 6.84. The van der Waals surface area contributed by atoms with E-state index in [9.17, 15) is 9.59 Å². The molecular formula is C13H22N2O3. The van der Waals surface area contributed by atoms with E-state index < -0.39 is 0 Å². The summed E-state index contributed by atoms with van der Waals surface area (Å²) in [6.07, 6.45) is 6.27. The zero-order valence-corrected chi connectivity index (χ0v) is 11.0. The SMILES string of the molecule is COC(=O)[C@H]1CCCN(C(=O)NC2CCCC2)C1. The van der Waals surface area contributed by atoms with Gasteiger partial charge in [0.25, 0.3) is 0 Å². The molecule has 0 aromatic rings. The van der Waals surface area contributed by atoms with Gasteiger partial charge in [0.2, 0.25) is 0 Å². The van der Waals surface area contributed by atoms with E-state index in [1.165, 1.54) is 20.0 Å². The topological polar surface area (TPSA) is 58.6 Å². The quantitative estimate of drug-likeness (QED) is 0.760. The van der Waals surface area contributed by atoms with Gasteiger partial charge in [0.05, 0.1) is 13.0 Å². The average molecular weight is 254 g/mol. The van der Waals surface area contributed by atoms with Crippen molar-refractivity contribution >= 4 is 12.0 Å². The second-order valence-electron chi connectivity index (χ2n) is 5.24. The summed E-state index contributed by atoms with van der Waals surface area (Å²) in [4.78, 5) is 25.3. The van der Waals surface area contributed by atoms with Crippen LogP contribution in [0.5, 0.6) is 0 Å². The van der Waals surface area contributed by atoms with E-state index in [1.807, 2.05) is 0 Å². The zero-order chi connectivity index (χ0) is 13.0. The molecule has 5 heteroatoms. The van der Waals surface area contributed by atoms with Crippen LogP contribution in [0.1, 0.15) is 38.5 Å². The molecule has 0 unspecified atom stereocenters. The van der Waals surface area contributed by atoms with Crippen molar-refractivity contribution in [3.8, 4) is 0 Å².